The summed E-state index contributed by atoms with van der Waals surface area (Å²) in [4.78, 5) is 11.0. The molecule has 0 saturated heterocycles. The third kappa shape index (κ3) is 3.57. The second-order valence-corrected chi connectivity index (χ2v) is 3.05. The number of carbonyl (C=O) groups is 1. The van der Waals surface area contributed by atoms with Crippen molar-refractivity contribution < 1.29 is 4.79 Å². The lowest BCUT2D eigenvalue weighted by Crippen LogP contribution is -2.27. The topological polar surface area (TPSA) is 41.1 Å². The van der Waals surface area contributed by atoms with E-state index in [1.807, 2.05) is 0 Å². The van der Waals surface area contributed by atoms with E-state index in [4.69, 9.17) is 11.6 Å². The maximum absolute atomic E-state index is 11.0. The van der Waals surface area contributed by atoms with Gasteiger partial charge in [-0.15, -0.1) is 0 Å². The fraction of sp³-hybridized carbons (Fsp3) is 0.125. The molecule has 0 atom stereocenters. The van der Waals surface area contributed by atoms with Crippen LogP contribution in [0.5, 0.6) is 0 Å². The molecule has 5 heteroatoms. The van der Waals surface area contributed by atoms with E-state index in [1.54, 1.807) is 24.3 Å². The fourth-order valence-corrected chi connectivity index (χ4v) is 1.05. The third-order valence-electron chi connectivity index (χ3n) is 1.34. The van der Waals surface area contributed by atoms with Crippen LogP contribution in [0.1, 0.15) is 0 Å². The van der Waals surface area contributed by atoms with Crippen molar-refractivity contribution in [3.8, 4) is 0 Å². The molecule has 0 aliphatic rings. The number of anilines is 1. The van der Waals surface area contributed by atoms with Gasteiger partial charge in [0, 0.05) is 10.7 Å². The monoisotopic (exact) mass is 216 g/mol. The van der Waals surface area contributed by atoms with E-state index < -0.39 is 0 Å². The number of hydrogen-bond donors (Lipinski definition) is 3. The Kier molecular flexibility index (Phi) is 3.92. The van der Waals surface area contributed by atoms with Gasteiger partial charge in [-0.05, 0) is 24.3 Å². The highest BCUT2D eigenvalue weighted by Gasteiger charge is 1.98. The van der Waals surface area contributed by atoms with Crippen molar-refractivity contribution in [1.82, 2.24) is 5.32 Å². The summed E-state index contributed by atoms with van der Waals surface area (Å²) in [5.74, 6) is 0.305. The highest BCUT2D eigenvalue weighted by Crippen LogP contribution is 2.12. The number of thiol groups is 1. The predicted molar refractivity (Wildman–Crippen MR) is 57.5 cm³/mol. The lowest BCUT2D eigenvalue weighted by molar-refractivity contribution is 0.253. The van der Waals surface area contributed by atoms with Crippen molar-refractivity contribution in [2.75, 3.05) is 11.2 Å². The Balaban J connectivity index is 2.54. The van der Waals surface area contributed by atoms with Gasteiger partial charge in [0.15, 0.2) is 0 Å². The van der Waals surface area contributed by atoms with Crippen LogP contribution < -0.4 is 10.6 Å². The van der Waals surface area contributed by atoms with Crippen molar-refractivity contribution in [3.05, 3.63) is 29.3 Å². The zero-order valence-corrected chi connectivity index (χ0v) is 8.40. The molecule has 0 aliphatic carbocycles. The van der Waals surface area contributed by atoms with Gasteiger partial charge in [0.25, 0.3) is 0 Å². The molecule has 0 bridgehead atoms. The van der Waals surface area contributed by atoms with Gasteiger partial charge in [0.05, 0.1) is 5.88 Å². The quantitative estimate of drug-likeness (QED) is 0.516. The van der Waals surface area contributed by atoms with Crippen molar-refractivity contribution in [1.29, 1.82) is 0 Å². The first kappa shape index (κ1) is 10.2. The number of carbonyl (C=O) groups excluding carboxylic acids is 1. The zero-order chi connectivity index (χ0) is 9.68. The lowest BCUT2D eigenvalue weighted by atomic mass is 10.3. The highest BCUT2D eigenvalue weighted by molar-refractivity contribution is 7.80. The predicted octanol–water partition coefficient (Wildman–Crippen LogP) is 2.35. The molecule has 0 radical (unpaired) electrons. The van der Waals surface area contributed by atoms with Crippen LogP contribution >= 0.6 is 24.2 Å². The molecule has 0 aromatic heterocycles. The van der Waals surface area contributed by atoms with E-state index in [0.29, 0.717) is 16.6 Å². The van der Waals surface area contributed by atoms with Gasteiger partial charge in [-0.1, -0.05) is 11.6 Å². The summed E-state index contributed by atoms with van der Waals surface area (Å²) >= 11 is 9.52. The number of halogens is 1. The standard InChI is InChI=1S/C8H9ClN2OS/c9-6-1-3-7(4-2-6)11-8(12)10-5-13/h1-4,13H,5H2,(H2,10,11,12). The van der Waals surface area contributed by atoms with E-state index in [0.717, 1.165) is 0 Å². The van der Waals surface area contributed by atoms with Gasteiger partial charge >= 0.3 is 6.03 Å². The van der Waals surface area contributed by atoms with Crippen molar-refractivity contribution in [2.24, 2.45) is 0 Å². The minimum atomic E-state index is -0.280. The average Bonchev–Trinajstić information content (AvgIpc) is 2.09. The minimum absolute atomic E-state index is 0.280. The molecule has 0 fully saturated rings. The second kappa shape index (κ2) is 4.99. The van der Waals surface area contributed by atoms with E-state index in [-0.39, 0.29) is 6.03 Å². The van der Waals surface area contributed by atoms with E-state index in [9.17, 15) is 4.79 Å². The van der Waals surface area contributed by atoms with Crippen molar-refractivity contribution in [3.63, 3.8) is 0 Å². The summed E-state index contributed by atoms with van der Waals surface area (Å²) in [6, 6.07) is 6.58. The average molecular weight is 217 g/mol. The Hall–Kier alpha value is -0.870. The number of rotatable bonds is 2. The molecular formula is C8H9ClN2OS. The lowest BCUT2D eigenvalue weighted by Gasteiger charge is -2.04. The molecular weight excluding hydrogens is 208 g/mol. The molecule has 0 spiro atoms. The second-order valence-electron chi connectivity index (χ2n) is 2.30. The highest BCUT2D eigenvalue weighted by atomic mass is 35.5. The molecule has 70 valence electrons. The van der Waals surface area contributed by atoms with Crippen LogP contribution in [-0.4, -0.2) is 11.9 Å². The molecule has 1 rings (SSSR count). The van der Waals surface area contributed by atoms with Gasteiger partial charge in [0.1, 0.15) is 0 Å². The van der Waals surface area contributed by atoms with Gasteiger partial charge in [-0.3, -0.25) is 0 Å². The molecule has 0 unspecified atom stereocenters. The summed E-state index contributed by atoms with van der Waals surface area (Å²) in [6.07, 6.45) is 0. The van der Waals surface area contributed by atoms with Crippen LogP contribution in [0.4, 0.5) is 10.5 Å². The van der Waals surface area contributed by atoms with Gasteiger partial charge in [-0.25, -0.2) is 4.79 Å². The number of urea groups is 1. The maximum atomic E-state index is 11.0. The Morgan fingerprint density at radius 3 is 2.54 bits per heavy atom. The molecule has 2 N–H and O–H groups in total. The van der Waals surface area contributed by atoms with Gasteiger partial charge < -0.3 is 10.6 Å². The first-order valence-corrected chi connectivity index (χ1v) is 4.64. The van der Waals surface area contributed by atoms with Crippen LogP contribution in [0.3, 0.4) is 0 Å². The molecule has 13 heavy (non-hydrogen) atoms. The van der Waals surface area contributed by atoms with Crippen LogP contribution in [0, 0.1) is 0 Å². The largest absolute Gasteiger partial charge is 0.329 e. The summed E-state index contributed by atoms with van der Waals surface area (Å²) in [5.41, 5.74) is 0.698. The third-order valence-corrected chi connectivity index (χ3v) is 1.75. The SMILES string of the molecule is O=C(NCS)Nc1ccc(Cl)cc1. The van der Waals surface area contributed by atoms with Crippen LogP contribution in [-0.2, 0) is 0 Å². The molecule has 0 saturated carbocycles. The Bertz CT molecular complexity index is 289. The molecule has 1 aromatic carbocycles. The van der Waals surface area contributed by atoms with Gasteiger partial charge in [-0.2, -0.15) is 12.6 Å². The summed E-state index contributed by atoms with van der Waals surface area (Å²) < 4.78 is 0. The van der Waals surface area contributed by atoms with Crippen LogP contribution in [0.2, 0.25) is 5.02 Å². The molecule has 0 aliphatic heterocycles. The number of hydrogen-bond acceptors (Lipinski definition) is 2. The Morgan fingerprint density at radius 1 is 1.38 bits per heavy atom. The first-order chi connectivity index (χ1) is 6.22. The fourth-order valence-electron chi connectivity index (χ4n) is 0.780. The smallest absolute Gasteiger partial charge is 0.319 e. The minimum Gasteiger partial charge on any atom is -0.329 e. The normalized spacial score (nSPS) is 9.38. The van der Waals surface area contributed by atoms with Crippen LogP contribution in [0.15, 0.2) is 24.3 Å². The van der Waals surface area contributed by atoms with Crippen LogP contribution in [0.25, 0.3) is 0 Å². The summed E-state index contributed by atoms with van der Waals surface area (Å²) in [6.45, 7) is 0. The first-order valence-electron chi connectivity index (χ1n) is 3.63. The Morgan fingerprint density at radius 2 is 2.00 bits per heavy atom. The maximum Gasteiger partial charge on any atom is 0.319 e. The number of benzene rings is 1. The molecule has 3 nitrogen and oxygen atoms in total. The summed E-state index contributed by atoms with van der Waals surface area (Å²) in [5, 5.41) is 5.74. The van der Waals surface area contributed by atoms with E-state index in [1.165, 1.54) is 0 Å². The van der Waals surface area contributed by atoms with Crippen molar-refractivity contribution in [2.45, 2.75) is 0 Å². The Labute approximate surface area is 86.9 Å². The molecule has 1 aromatic rings. The van der Waals surface area contributed by atoms with Crippen molar-refractivity contribution >= 4 is 35.9 Å². The van der Waals surface area contributed by atoms with E-state index >= 15 is 0 Å². The number of nitrogens with one attached hydrogen (secondary N) is 2. The zero-order valence-electron chi connectivity index (χ0n) is 6.75. The summed E-state index contributed by atoms with van der Waals surface area (Å²) in [7, 11) is 0. The van der Waals surface area contributed by atoms with E-state index in [2.05, 4.69) is 23.3 Å². The molecule has 0 heterocycles. The number of amides is 2. The van der Waals surface area contributed by atoms with Gasteiger partial charge in [0.2, 0.25) is 0 Å². The molecule has 2 amide bonds.